The molecule has 3 N–H and O–H groups in total. The van der Waals surface area contributed by atoms with Gasteiger partial charge in [-0.25, -0.2) is 9.37 Å². The van der Waals surface area contributed by atoms with Gasteiger partial charge in [-0.1, -0.05) is 35.3 Å². The predicted octanol–water partition coefficient (Wildman–Crippen LogP) is 6.44. The molecule has 2 aromatic carbocycles. The Bertz CT molecular complexity index is 1280. The van der Waals surface area contributed by atoms with Crippen molar-refractivity contribution in [3.05, 3.63) is 75.7 Å². The quantitative estimate of drug-likeness (QED) is 0.404. The highest BCUT2D eigenvalue weighted by molar-refractivity contribution is 6.36. The number of pyridine rings is 1. The summed E-state index contributed by atoms with van der Waals surface area (Å²) in [4.78, 5) is 4.30. The second kappa shape index (κ2) is 9.10. The zero-order valence-corrected chi connectivity index (χ0v) is 20.1. The van der Waals surface area contributed by atoms with Gasteiger partial charge >= 0.3 is 0 Å². The van der Waals surface area contributed by atoms with Crippen LogP contribution in [-0.2, 0) is 0 Å². The van der Waals surface area contributed by atoms with Crippen molar-refractivity contribution in [3.8, 4) is 22.6 Å². The summed E-state index contributed by atoms with van der Waals surface area (Å²) in [6.45, 7) is 3.57. The summed E-state index contributed by atoms with van der Waals surface area (Å²) in [5, 5.41) is 3.65. The predicted molar refractivity (Wildman–Crippen MR) is 134 cm³/mol. The number of hydrogen-bond acceptors (Lipinski definition) is 5. The Morgan fingerprint density at radius 1 is 1.21 bits per heavy atom. The van der Waals surface area contributed by atoms with Crippen molar-refractivity contribution in [2.45, 2.75) is 31.5 Å². The maximum Gasteiger partial charge on any atom is 0.166 e. The second-order valence-corrected chi connectivity index (χ2v) is 9.44. The van der Waals surface area contributed by atoms with E-state index in [1.54, 1.807) is 13.1 Å². The van der Waals surface area contributed by atoms with E-state index >= 15 is 0 Å². The fourth-order valence-corrected chi connectivity index (χ4v) is 5.13. The van der Waals surface area contributed by atoms with Crippen molar-refractivity contribution in [1.82, 2.24) is 10.3 Å². The van der Waals surface area contributed by atoms with Gasteiger partial charge in [0.1, 0.15) is 23.3 Å². The number of nitrogens with zero attached hydrogens (tertiary/aromatic N) is 1. The molecule has 2 aliphatic rings. The molecule has 0 bridgehead atoms. The summed E-state index contributed by atoms with van der Waals surface area (Å²) >= 11 is 12.4. The first kappa shape index (κ1) is 23.0. The minimum absolute atomic E-state index is 0.0740. The van der Waals surface area contributed by atoms with Gasteiger partial charge in [-0.05, 0) is 68.3 Å². The van der Waals surface area contributed by atoms with Crippen molar-refractivity contribution < 1.29 is 13.9 Å². The van der Waals surface area contributed by atoms with E-state index < -0.39 is 11.9 Å². The molecule has 1 saturated heterocycles. The molecule has 176 valence electrons. The van der Waals surface area contributed by atoms with Gasteiger partial charge in [-0.3, -0.25) is 0 Å². The number of benzene rings is 2. The lowest BCUT2D eigenvalue weighted by Gasteiger charge is -2.38. The van der Waals surface area contributed by atoms with Crippen LogP contribution >= 0.6 is 23.2 Å². The van der Waals surface area contributed by atoms with Crippen molar-refractivity contribution >= 4 is 35.1 Å². The monoisotopic (exact) mass is 499 g/mol. The SMILES string of the molecule is C[C@@H](Oc1cc(-c2ccc3c(c2)C=CC2(CCCNC2)O3)cnc1N)c1c(Cl)ccc(F)c1Cl. The molecule has 34 heavy (non-hydrogen) atoms. The normalized spacial score (nSPS) is 20.0. The third-order valence-electron chi connectivity index (χ3n) is 6.27. The molecular formula is C26H24Cl2FN3O2. The molecule has 5 rings (SSSR count). The van der Waals surface area contributed by atoms with Gasteiger partial charge in [0.05, 0.1) is 5.02 Å². The lowest BCUT2D eigenvalue weighted by atomic mass is 9.90. The molecule has 1 fully saturated rings. The molecule has 0 amide bonds. The largest absolute Gasteiger partial charge is 0.482 e. The maximum atomic E-state index is 14.0. The highest BCUT2D eigenvalue weighted by atomic mass is 35.5. The molecule has 1 spiro atoms. The molecule has 1 aromatic heterocycles. The smallest absolute Gasteiger partial charge is 0.166 e. The van der Waals surface area contributed by atoms with E-state index in [0.717, 1.165) is 48.4 Å². The Morgan fingerprint density at radius 2 is 2.06 bits per heavy atom. The summed E-state index contributed by atoms with van der Waals surface area (Å²) in [6, 6.07) is 10.5. The zero-order chi connectivity index (χ0) is 23.9. The number of hydrogen-bond donors (Lipinski definition) is 2. The number of piperidine rings is 1. The summed E-state index contributed by atoms with van der Waals surface area (Å²) in [5.74, 6) is 0.871. The van der Waals surface area contributed by atoms with E-state index in [1.807, 2.05) is 18.2 Å². The number of halogens is 3. The molecule has 1 unspecified atom stereocenters. The van der Waals surface area contributed by atoms with Gasteiger partial charge in [0.25, 0.3) is 0 Å². The van der Waals surface area contributed by atoms with E-state index in [-0.39, 0.29) is 16.4 Å². The number of nitrogen functional groups attached to an aromatic ring is 1. The lowest BCUT2D eigenvalue weighted by Crippen LogP contribution is -2.49. The van der Waals surface area contributed by atoms with Crippen LogP contribution in [0.1, 0.15) is 37.0 Å². The number of nitrogens with one attached hydrogen (secondary N) is 1. The lowest BCUT2D eigenvalue weighted by molar-refractivity contribution is 0.0879. The summed E-state index contributed by atoms with van der Waals surface area (Å²) < 4.78 is 26.4. The third kappa shape index (κ3) is 4.33. The van der Waals surface area contributed by atoms with Crippen LogP contribution in [0.2, 0.25) is 10.0 Å². The van der Waals surface area contributed by atoms with Crippen molar-refractivity contribution in [2.75, 3.05) is 18.8 Å². The van der Waals surface area contributed by atoms with Crippen LogP contribution in [0.4, 0.5) is 10.2 Å². The fraction of sp³-hybridized carbons (Fsp3) is 0.269. The number of fused-ring (bicyclic) bond motifs is 1. The number of aromatic nitrogens is 1. The zero-order valence-electron chi connectivity index (χ0n) is 18.6. The first-order valence-electron chi connectivity index (χ1n) is 11.1. The maximum absolute atomic E-state index is 14.0. The van der Waals surface area contributed by atoms with Crippen LogP contribution in [0, 0.1) is 5.82 Å². The average Bonchev–Trinajstić information content (AvgIpc) is 2.83. The van der Waals surface area contributed by atoms with E-state index in [4.69, 9.17) is 38.4 Å². The van der Waals surface area contributed by atoms with Gasteiger partial charge < -0.3 is 20.5 Å². The Balaban J connectivity index is 1.41. The number of rotatable bonds is 4. The minimum Gasteiger partial charge on any atom is -0.482 e. The summed E-state index contributed by atoms with van der Waals surface area (Å²) in [5.41, 5.74) is 8.93. The molecule has 0 aliphatic carbocycles. The van der Waals surface area contributed by atoms with Gasteiger partial charge in [-0.15, -0.1) is 0 Å². The van der Waals surface area contributed by atoms with Crippen LogP contribution in [0.15, 0.2) is 48.7 Å². The molecule has 0 saturated carbocycles. The van der Waals surface area contributed by atoms with Crippen molar-refractivity contribution in [2.24, 2.45) is 0 Å². The summed E-state index contributed by atoms with van der Waals surface area (Å²) in [7, 11) is 0. The van der Waals surface area contributed by atoms with Crippen LogP contribution < -0.4 is 20.5 Å². The fourth-order valence-electron chi connectivity index (χ4n) is 4.45. The molecule has 0 radical (unpaired) electrons. The molecule has 3 heterocycles. The number of nitrogens with two attached hydrogens (primary N) is 1. The topological polar surface area (TPSA) is 69.4 Å². The van der Waals surface area contributed by atoms with Gasteiger partial charge in [0.15, 0.2) is 11.6 Å². The highest BCUT2D eigenvalue weighted by Crippen LogP contribution is 2.39. The van der Waals surface area contributed by atoms with E-state index in [1.165, 1.54) is 12.1 Å². The van der Waals surface area contributed by atoms with Crippen molar-refractivity contribution in [3.63, 3.8) is 0 Å². The summed E-state index contributed by atoms with van der Waals surface area (Å²) in [6.07, 6.45) is 7.40. The molecular weight excluding hydrogens is 476 g/mol. The first-order valence-corrected chi connectivity index (χ1v) is 11.9. The van der Waals surface area contributed by atoms with Gasteiger partial charge in [-0.2, -0.15) is 0 Å². The Labute approximate surface area is 207 Å². The Hall–Kier alpha value is -2.80. The van der Waals surface area contributed by atoms with Crippen LogP contribution in [-0.4, -0.2) is 23.7 Å². The Morgan fingerprint density at radius 3 is 2.85 bits per heavy atom. The van der Waals surface area contributed by atoms with Crippen LogP contribution in [0.5, 0.6) is 11.5 Å². The van der Waals surface area contributed by atoms with E-state index in [9.17, 15) is 4.39 Å². The highest BCUT2D eigenvalue weighted by Gasteiger charge is 2.34. The molecule has 8 heteroatoms. The molecule has 2 aliphatic heterocycles. The van der Waals surface area contributed by atoms with Crippen LogP contribution in [0.25, 0.3) is 17.2 Å². The van der Waals surface area contributed by atoms with Crippen LogP contribution in [0.3, 0.4) is 0 Å². The van der Waals surface area contributed by atoms with Gasteiger partial charge in [0, 0.05) is 34.5 Å². The number of ether oxygens (including phenoxy) is 2. The molecule has 3 aromatic rings. The third-order valence-corrected chi connectivity index (χ3v) is 6.99. The molecule has 5 nitrogen and oxygen atoms in total. The van der Waals surface area contributed by atoms with Gasteiger partial charge in [0.2, 0.25) is 0 Å². The Kier molecular flexibility index (Phi) is 6.15. The standard InChI is InChI=1S/C26H24Cl2FN3O2/c1-15(23-19(27)4-5-20(29)24(23)28)33-22-12-18(13-32-25(22)30)16-3-6-21-17(11-16)7-9-26(34-21)8-2-10-31-14-26/h3-7,9,11-13,15,31H,2,8,10,14H2,1H3,(H2,30,32)/t15-,26?/m1/s1. The minimum atomic E-state index is -0.643. The first-order chi connectivity index (χ1) is 16.3. The van der Waals surface area contributed by atoms with E-state index in [2.05, 4.69) is 28.5 Å². The molecule has 2 atom stereocenters. The van der Waals surface area contributed by atoms with E-state index in [0.29, 0.717) is 16.3 Å². The number of anilines is 1. The second-order valence-electron chi connectivity index (χ2n) is 8.66. The van der Waals surface area contributed by atoms with Crippen molar-refractivity contribution in [1.29, 1.82) is 0 Å². The average molecular weight is 500 g/mol.